The van der Waals surface area contributed by atoms with Crippen molar-refractivity contribution < 1.29 is 14.3 Å². The summed E-state index contributed by atoms with van der Waals surface area (Å²) in [5, 5.41) is 3.10. The molecule has 1 heterocycles. The van der Waals surface area contributed by atoms with Crippen LogP contribution in [0.25, 0.3) is 0 Å². The van der Waals surface area contributed by atoms with Gasteiger partial charge < -0.3 is 10.1 Å². The smallest absolute Gasteiger partial charge is 0.328 e. The molecule has 0 bridgehead atoms. The minimum Gasteiger partial charge on any atom is -0.467 e. The highest BCUT2D eigenvalue weighted by atomic mass is 16.5. The third kappa shape index (κ3) is 3.87. The van der Waals surface area contributed by atoms with Crippen molar-refractivity contribution in [2.45, 2.75) is 125 Å². The van der Waals surface area contributed by atoms with Crippen LogP contribution in [0.1, 0.15) is 118 Å². The summed E-state index contributed by atoms with van der Waals surface area (Å²) in [4.78, 5) is 36.3. The molecule has 5 aliphatic rings. The Morgan fingerprint density at radius 3 is 2.36 bits per heavy atom. The van der Waals surface area contributed by atoms with Gasteiger partial charge in [-0.1, -0.05) is 60.1 Å². The van der Waals surface area contributed by atoms with Crippen molar-refractivity contribution in [3.8, 4) is 0 Å². The maximum Gasteiger partial charge on any atom is 0.328 e. The molecule has 1 N–H and O–H groups in total. The topological polar surface area (TPSA) is 81.2 Å². The lowest BCUT2D eigenvalue weighted by atomic mass is 9.33. The third-order valence-corrected chi connectivity index (χ3v) is 14.1. The van der Waals surface area contributed by atoms with Crippen LogP contribution in [0.15, 0.2) is 24.0 Å². The highest BCUT2D eigenvalue weighted by Gasteiger charge is 2.69. The van der Waals surface area contributed by atoms with E-state index in [1.165, 1.54) is 31.3 Å². The van der Waals surface area contributed by atoms with Crippen LogP contribution in [0, 0.1) is 44.8 Å². The number of carbonyl (C=O) groups excluding carboxylic acids is 2. The lowest BCUT2D eigenvalue weighted by molar-refractivity contribution is -0.169. The number of amides is 1. The largest absolute Gasteiger partial charge is 0.467 e. The number of methoxy groups -OCH3 is 1. The minimum atomic E-state index is -0.640. The van der Waals surface area contributed by atoms with Gasteiger partial charge in [-0.05, 0) is 104 Å². The van der Waals surface area contributed by atoms with E-state index in [0.29, 0.717) is 11.8 Å². The third-order valence-electron chi connectivity index (χ3n) is 14.1. The zero-order chi connectivity index (χ0) is 30.5. The Bertz CT molecular complexity index is 1330. The summed E-state index contributed by atoms with van der Waals surface area (Å²) in [5.41, 5.74) is 3.96. The molecule has 42 heavy (non-hydrogen) atoms. The number of hydrogen-bond donors (Lipinski definition) is 1. The fourth-order valence-electron chi connectivity index (χ4n) is 11.6. The van der Waals surface area contributed by atoms with Gasteiger partial charge in [-0.2, -0.15) is 0 Å². The fourth-order valence-corrected chi connectivity index (χ4v) is 11.6. The molecule has 1 aromatic heterocycles. The second kappa shape index (κ2) is 9.38. The summed E-state index contributed by atoms with van der Waals surface area (Å²) in [6.45, 7) is 19.0. The number of ether oxygens (including phenoxy) is 1. The molecule has 0 spiro atoms. The first-order valence-corrected chi connectivity index (χ1v) is 16.5. The Hall–Kier alpha value is -2.24. The van der Waals surface area contributed by atoms with Gasteiger partial charge in [-0.25, -0.2) is 4.79 Å². The molecule has 0 aromatic carbocycles. The molecule has 6 heteroatoms. The van der Waals surface area contributed by atoms with Crippen molar-refractivity contribution in [2.24, 2.45) is 44.8 Å². The number of allylic oxidation sites excluding steroid dienone is 2. The van der Waals surface area contributed by atoms with Crippen LogP contribution in [-0.4, -0.2) is 35.0 Å². The zero-order valence-corrected chi connectivity index (χ0v) is 27.5. The van der Waals surface area contributed by atoms with Gasteiger partial charge in [0.05, 0.1) is 23.9 Å². The highest BCUT2D eigenvalue weighted by molar-refractivity contribution is 5.88. The van der Waals surface area contributed by atoms with Gasteiger partial charge in [0.1, 0.15) is 6.04 Å². The van der Waals surface area contributed by atoms with E-state index in [-0.39, 0.29) is 44.9 Å². The fraction of sp³-hybridized carbons (Fsp3) is 0.778. The van der Waals surface area contributed by atoms with Crippen molar-refractivity contribution >= 4 is 11.9 Å². The Morgan fingerprint density at radius 1 is 0.952 bits per heavy atom. The van der Waals surface area contributed by atoms with Crippen LogP contribution in [0.4, 0.5) is 0 Å². The van der Waals surface area contributed by atoms with Crippen LogP contribution >= 0.6 is 0 Å². The lowest BCUT2D eigenvalue weighted by Crippen LogP contribution is -2.65. The standard InChI is InChI=1S/C36H53N3O3/c1-22(29(40)42-9)39-30(41)36-16-14-31(2,3)20-24(36)23-10-11-27-33(6)21-25-28(38-19-18-37-25)32(4,5)26(33)12-13-35(27,8)34(23,7)15-17-36/h10,18-19,22,24,26-27H,11-17,20-21H2,1-9H3,(H,39,41)/t22-,24-,26-,27+,33-,34+,35+,36-/m0/s1. The molecule has 0 unspecified atom stereocenters. The van der Waals surface area contributed by atoms with Gasteiger partial charge >= 0.3 is 5.97 Å². The summed E-state index contributed by atoms with van der Waals surface area (Å²) in [5.74, 6) is 0.974. The summed E-state index contributed by atoms with van der Waals surface area (Å²) in [6.07, 6.45) is 15.6. The van der Waals surface area contributed by atoms with Gasteiger partial charge in [0.15, 0.2) is 0 Å². The van der Waals surface area contributed by atoms with Crippen molar-refractivity contribution in [3.05, 3.63) is 35.4 Å². The van der Waals surface area contributed by atoms with Crippen LogP contribution in [0.5, 0.6) is 0 Å². The monoisotopic (exact) mass is 575 g/mol. The lowest BCUT2D eigenvalue weighted by Gasteiger charge is -2.70. The minimum absolute atomic E-state index is 0.00759. The summed E-state index contributed by atoms with van der Waals surface area (Å²) < 4.78 is 4.96. The first-order valence-electron chi connectivity index (χ1n) is 16.5. The quantitative estimate of drug-likeness (QED) is 0.311. The molecule has 0 saturated heterocycles. The number of hydrogen-bond acceptors (Lipinski definition) is 5. The molecular weight excluding hydrogens is 522 g/mol. The van der Waals surface area contributed by atoms with E-state index < -0.39 is 11.5 Å². The Kier molecular flexibility index (Phi) is 6.66. The van der Waals surface area contributed by atoms with E-state index in [1.54, 1.807) is 12.5 Å². The molecule has 230 valence electrons. The van der Waals surface area contributed by atoms with E-state index in [1.807, 2.05) is 12.4 Å². The average Bonchev–Trinajstić information content (AvgIpc) is 2.92. The van der Waals surface area contributed by atoms with Crippen molar-refractivity contribution in [2.75, 3.05) is 7.11 Å². The summed E-state index contributed by atoms with van der Waals surface area (Å²) in [7, 11) is 1.39. The van der Waals surface area contributed by atoms with E-state index in [0.717, 1.165) is 44.9 Å². The number of nitrogens with zero attached hydrogens (tertiary/aromatic N) is 2. The summed E-state index contributed by atoms with van der Waals surface area (Å²) in [6, 6.07) is -0.640. The zero-order valence-electron chi connectivity index (χ0n) is 27.5. The predicted octanol–water partition coefficient (Wildman–Crippen LogP) is 6.97. The highest BCUT2D eigenvalue weighted by Crippen LogP contribution is 2.75. The number of esters is 1. The van der Waals surface area contributed by atoms with Crippen LogP contribution in [0.3, 0.4) is 0 Å². The molecular formula is C36H53N3O3. The van der Waals surface area contributed by atoms with Crippen LogP contribution in [0.2, 0.25) is 0 Å². The maximum atomic E-state index is 14.2. The first kappa shape index (κ1) is 29.8. The Morgan fingerprint density at radius 2 is 1.64 bits per heavy atom. The van der Waals surface area contributed by atoms with Crippen molar-refractivity contribution in [1.29, 1.82) is 0 Å². The molecule has 3 saturated carbocycles. The second-order valence-corrected chi connectivity index (χ2v) is 16.8. The van der Waals surface area contributed by atoms with E-state index in [2.05, 4.69) is 59.9 Å². The van der Waals surface area contributed by atoms with Crippen LogP contribution in [-0.2, 0) is 26.2 Å². The molecule has 0 aliphatic heterocycles. The van der Waals surface area contributed by atoms with E-state index in [4.69, 9.17) is 14.7 Å². The molecule has 1 amide bonds. The number of aromatic nitrogens is 2. The first-order chi connectivity index (χ1) is 19.6. The van der Waals surface area contributed by atoms with Gasteiger partial charge in [0.2, 0.25) is 5.91 Å². The van der Waals surface area contributed by atoms with Gasteiger partial charge in [0, 0.05) is 17.8 Å². The normalized spacial score (nSPS) is 41.8. The Labute approximate surface area is 253 Å². The predicted molar refractivity (Wildman–Crippen MR) is 164 cm³/mol. The molecule has 5 aliphatic carbocycles. The molecule has 0 radical (unpaired) electrons. The number of fused-ring (bicyclic) bond motifs is 8. The van der Waals surface area contributed by atoms with E-state index in [9.17, 15) is 9.59 Å². The summed E-state index contributed by atoms with van der Waals surface area (Å²) >= 11 is 0. The maximum absolute atomic E-state index is 14.2. The van der Waals surface area contributed by atoms with Crippen molar-refractivity contribution in [1.82, 2.24) is 15.3 Å². The molecule has 6 rings (SSSR count). The second-order valence-electron chi connectivity index (χ2n) is 16.8. The van der Waals surface area contributed by atoms with Crippen LogP contribution < -0.4 is 5.32 Å². The van der Waals surface area contributed by atoms with Gasteiger partial charge in [0.25, 0.3) is 0 Å². The van der Waals surface area contributed by atoms with E-state index >= 15 is 0 Å². The van der Waals surface area contributed by atoms with Gasteiger partial charge in [-0.15, -0.1) is 0 Å². The number of nitrogens with one attached hydrogen (secondary N) is 1. The molecule has 1 aromatic rings. The number of rotatable bonds is 3. The average molecular weight is 576 g/mol. The van der Waals surface area contributed by atoms with Crippen molar-refractivity contribution in [3.63, 3.8) is 0 Å². The molecule has 8 atom stereocenters. The molecule has 6 nitrogen and oxygen atoms in total. The number of carbonyl (C=O) groups is 2. The van der Waals surface area contributed by atoms with Gasteiger partial charge in [-0.3, -0.25) is 14.8 Å². The molecule has 3 fully saturated rings. The Balaban J connectivity index is 1.41. The SMILES string of the molecule is COC(=O)[C@H](C)NC(=O)[C@]12CCC(C)(C)C[C@H]1C1=CC[C@@H]3[C@@]4(C)Cc5nccnc5C(C)(C)[C@@H]4CC[C@@]3(C)[C@]1(C)CC2.